The monoisotopic (exact) mass is 378 g/mol. The molecular weight excluding hydrogens is 364 g/mol. The van der Waals surface area contributed by atoms with Crippen molar-refractivity contribution in [2.45, 2.75) is 11.7 Å². The van der Waals surface area contributed by atoms with Gasteiger partial charge >= 0.3 is 0 Å². The Morgan fingerprint density at radius 3 is 3.00 bits per heavy atom. The normalized spacial score (nSPS) is 10.9. The SMILES string of the molecule is C=CCN(Cc1ccc(Cl)s1)C(=O)CSc1nnc2ccccn12. The lowest BCUT2D eigenvalue weighted by Crippen LogP contribution is -2.31. The standard InChI is InChI=1S/C16H15ClN4OS2/c1-2-8-20(10-12-6-7-13(17)24-12)15(22)11-23-16-19-18-14-5-3-4-9-21(14)16/h2-7,9H,1,8,10-11H2. The number of amides is 1. The number of hydrogen-bond acceptors (Lipinski definition) is 5. The summed E-state index contributed by atoms with van der Waals surface area (Å²) in [6.07, 6.45) is 3.61. The van der Waals surface area contributed by atoms with Crippen LogP contribution in [0, 0.1) is 0 Å². The van der Waals surface area contributed by atoms with Gasteiger partial charge in [-0.25, -0.2) is 0 Å². The molecule has 3 aromatic heterocycles. The van der Waals surface area contributed by atoms with Crippen molar-refractivity contribution >= 4 is 46.3 Å². The van der Waals surface area contributed by atoms with Crippen molar-refractivity contribution in [3.63, 3.8) is 0 Å². The van der Waals surface area contributed by atoms with Crippen LogP contribution in [0.2, 0.25) is 4.34 Å². The Balaban J connectivity index is 1.65. The fourth-order valence-electron chi connectivity index (χ4n) is 2.17. The molecule has 0 aliphatic heterocycles. The fourth-order valence-corrected chi connectivity index (χ4v) is 4.10. The second-order valence-corrected chi connectivity index (χ2v) is 7.71. The third kappa shape index (κ3) is 3.98. The average Bonchev–Trinajstić information content (AvgIpc) is 3.18. The van der Waals surface area contributed by atoms with Gasteiger partial charge in [0.25, 0.3) is 0 Å². The molecule has 0 aliphatic rings. The van der Waals surface area contributed by atoms with E-state index >= 15 is 0 Å². The number of nitrogens with zero attached hydrogens (tertiary/aromatic N) is 4. The Morgan fingerprint density at radius 2 is 2.25 bits per heavy atom. The third-order valence-corrected chi connectivity index (χ3v) is 5.43. The second-order valence-electron chi connectivity index (χ2n) is 4.97. The van der Waals surface area contributed by atoms with Gasteiger partial charge in [-0.05, 0) is 24.3 Å². The van der Waals surface area contributed by atoms with E-state index in [0.717, 1.165) is 14.9 Å². The zero-order chi connectivity index (χ0) is 16.9. The van der Waals surface area contributed by atoms with Crippen LogP contribution in [0.1, 0.15) is 4.88 Å². The smallest absolute Gasteiger partial charge is 0.233 e. The minimum Gasteiger partial charge on any atom is -0.333 e. The molecule has 24 heavy (non-hydrogen) atoms. The van der Waals surface area contributed by atoms with Crippen LogP contribution in [0.5, 0.6) is 0 Å². The molecule has 0 saturated carbocycles. The van der Waals surface area contributed by atoms with Gasteiger partial charge in [0.05, 0.1) is 16.6 Å². The molecule has 124 valence electrons. The maximum absolute atomic E-state index is 12.5. The minimum atomic E-state index is 0.0251. The molecule has 3 aromatic rings. The quantitative estimate of drug-likeness (QED) is 0.464. The highest BCUT2D eigenvalue weighted by atomic mass is 35.5. The van der Waals surface area contributed by atoms with Crippen molar-refractivity contribution < 1.29 is 4.79 Å². The predicted molar refractivity (Wildman–Crippen MR) is 98.7 cm³/mol. The largest absolute Gasteiger partial charge is 0.333 e. The van der Waals surface area contributed by atoms with Crippen molar-refractivity contribution in [3.8, 4) is 0 Å². The minimum absolute atomic E-state index is 0.0251. The van der Waals surface area contributed by atoms with Crippen LogP contribution in [0.3, 0.4) is 0 Å². The van der Waals surface area contributed by atoms with Crippen LogP contribution in [-0.2, 0) is 11.3 Å². The van der Waals surface area contributed by atoms with Crippen molar-refractivity contribution in [2.75, 3.05) is 12.3 Å². The van der Waals surface area contributed by atoms with Gasteiger partial charge in [0, 0.05) is 17.6 Å². The first-order valence-electron chi connectivity index (χ1n) is 7.23. The summed E-state index contributed by atoms with van der Waals surface area (Å²) in [5.41, 5.74) is 0.767. The number of aromatic nitrogens is 3. The molecule has 0 aliphatic carbocycles. The summed E-state index contributed by atoms with van der Waals surface area (Å²) in [5.74, 6) is 0.319. The van der Waals surface area contributed by atoms with Crippen molar-refractivity contribution in [1.29, 1.82) is 0 Å². The van der Waals surface area contributed by atoms with Gasteiger partial charge in [-0.2, -0.15) is 0 Å². The maximum atomic E-state index is 12.5. The Hall–Kier alpha value is -1.83. The van der Waals surface area contributed by atoms with E-state index in [1.54, 1.807) is 11.0 Å². The maximum Gasteiger partial charge on any atom is 0.233 e. The molecule has 5 nitrogen and oxygen atoms in total. The molecule has 0 bridgehead atoms. The summed E-state index contributed by atoms with van der Waals surface area (Å²) in [4.78, 5) is 15.4. The molecule has 3 rings (SSSR count). The zero-order valence-electron chi connectivity index (χ0n) is 12.8. The van der Waals surface area contributed by atoms with E-state index in [-0.39, 0.29) is 5.91 Å². The second kappa shape index (κ2) is 7.83. The summed E-state index contributed by atoms with van der Waals surface area (Å²) in [6, 6.07) is 9.47. The lowest BCUT2D eigenvalue weighted by atomic mass is 10.4. The molecule has 0 fully saturated rings. The van der Waals surface area contributed by atoms with Crippen molar-refractivity contribution in [1.82, 2.24) is 19.5 Å². The summed E-state index contributed by atoms with van der Waals surface area (Å²) < 4.78 is 2.59. The first-order chi connectivity index (χ1) is 11.7. The van der Waals surface area contributed by atoms with Crippen LogP contribution in [-0.4, -0.2) is 37.7 Å². The van der Waals surface area contributed by atoms with E-state index in [2.05, 4.69) is 16.8 Å². The molecule has 0 aromatic carbocycles. The van der Waals surface area contributed by atoms with Gasteiger partial charge in [0.15, 0.2) is 10.8 Å². The first kappa shape index (κ1) is 17.0. The van der Waals surface area contributed by atoms with E-state index in [0.29, 0.717) is 24.0 Å². The molecule has 1 amide bonds. The topological polar surface area (TPSA) is 50.5 Å². The van der Waals surface area contributed by atoms with Crippen LogP contribution < -0.4 is 0 Å². The Kier molecular flexibility index (Phi) is 5.55. The van der Waals surface area contributed by atoms with Gasteiger partial charge in [0.2, 0.25) is 5.91 Å². The Labute approximate surface area is 153 Å². The molecule has 0 spiro atoms. The van der Waals surface area contributed by atoms with E-state index in [4.69, 9.17) is 11.6 Å². The van der Waals surface area contributed by atoms with Gasteiger partial charge in [-0.3, -0.25) is 9.20 Å². The van der Waals surface area contributed by atoms with Crippen molar-refractivity contribution in [3.05, 3.63) is 58.4 Å². The van der Waals surface area contributed by atoms with Crippen LogP contribution >= 0.6 is 34.7 Å². The Bertz CT molecular complexity index is 861. The van der Waals surface area contributed by atoms with Gasteiger partial charge < -0.3 is 4.90 Å². The fraction of sp³-hybridized carbons (Fsp3) is 0.188. The number of carbonyl (C=O) groups is 1. The average molecular weight is 379 g/mol. The van der Waals surface area contributed by atoms with Gasteiger partial charge in [0.1, 0.15) is 0 Å². The molecular formula is C16H15ClN4OS2. The van der Waals surface area contributed by atoms with Gasteiger partial charge in [-0.1, -0.05) is 35.5 Å². The van der Waals surface area contributed by atoms with Crippen LogP contribution in [0.4, 0.5) is 0 Å². The lowest BCUT2D eigenvalue weighted by molar-refractivity contribution is -0.128. The number of halogens is 1. The number of fused-ring (bicyclic) bond motifs is 1. The molecule has 0 radical (unpaired) electrons. The Morgan fingerprint density at radius 1 is 1.38 bits per heavy atom. The van der Waals surface area contributed by atoms with Crippen LogP contribution in [0.15, 0.2) is 54.3 Å². The number of rotatable bonds is 7. The summed E-state index contributed by atoms with van der Waals surface area (Å²) in [6.45, 7) is 4.76. The summed E-state index contributed by atoms with van der Waals surface area (Å²) in [7, 11) is 0. The zero-order valence-corrected chi connectivity index (χ0v) is 15.2. The predicted octanol–water partition coefficient (Wildman–Crippen LogP) is 3.75. The molecule has 0 atom stereocenters. The molecule has 0 unspecified atom stereocenters. The van der Waals surface area contributed by atoms with E-state index < -0.39 is 0 Å². The highest BCUT2D eigenvalue weighted by Crippen LogP contribution is 2.23. The number of hydrogen-bond donors (Lipinski definition) is 0. The third-order valence-electron chi connectivity index (χ3n) is 3.28. The highest BCUT2D eigenvalue weighted by Gasteiger charge is 2.16. The molecule has 3 heterocycles. The van der Waals surface area contributed by atoms with E-state index in [1.807, 2.05) is 40.9 Å². The summed E-state index contributed by atoms with van der Waals surface area (Å²) >= 11 is 8.81. The number of carbonyl (C=O) groups excluding carboxylic acids is 1. The number of thioether (sulfide) groups is 1. The molecule has 0 saturated heterocycles. The van der Waals surface area contributed by atoms with Crippen LogP contribution in [0.25, 0.3) is 5.65 Å². The van der Waals surface area contributed by atoms with E-state index in [1.165, 1.54) is 23.1 Å². The number of thiophene rings is 1. The lowest BCUT2D eigenvalue weighted by Gasteiger charge is -2.20. The summed E-state index contributed by atoms with van der Waals surface area (Å²) in [5, 5.41) is 8.92. The molecule has 8 heteroatoms. The van der Waals surface area contributed by atoms with E-state index in [9.17, 15) is 4.79 Å². The van der Waals surface area contributed by atoms with Crippen molar-refractivity contribution in [2.24, 2.45) is 0 Å². The first-order valence-corrected chi connectivity index (χ1v) is 9.41. The number of pyridine rings is 1. The highest BCUT2D eigenvalue weighted by molar-refractivity contribution is 7.99. The molecule has 0 N–H and O–H groups in total. The van der Waals surface area contributed by atoms with Gasteiger partial charge in [-0.15, -0.1) is 28.1 Å².